The fourth-order valence-electron chi connectivity index (χ4n) is 4.34. The van der Waals surface area contributed by atoms with Crippen LogP contribution in [0.5, 0.6) is 0 Å². The second kappa shape index (κ2) is 13.7. The number of para-hydroxylation sites is 1. The lowest BCUT2D eigenvalue weighted by Crippen LogP contribution is -2.54. The predicted molar refractivity (Wildman–Crippen MR) is 150 cm³/mol. The summed E-state index contributed by atoms with van der Waals surface area (Å²) >= 11 is 0. The minimum absolute atomic E-state index is 0.317. The van der Waals surface area contributed by atoms with Gasteiger partial charge in [-0.2, -0.15) is 5.11 Å². The van der Waals surface area contributed by atoms with Crippen LogP contribution in [-0.2, 0) is 16.0 Å². The Morgan fingerprint density at radius 2 is 1.82 bits per heavy atom. The molecule has 2 aromatic carbocycles. The van der Waals surface area contributed by atoms with E-state index in [1.54, 1.807) is 6.20 Å². The van der Waals surface area contributed by atoms with Gasteiger partial charge < -0.3 is 26.6 Å². The van der Waals surface area contributed by atoms with Gasteiger partial charge in [-0.25, -0.2) is 5.53 Å². The minimum Gasteiger partial charge on any atom is -0.343 e. The number of aryl methyl sites for hydroxylation is 1. The minimum atomic E-state index is -0.824. The molecule has 10 nitrogen and oxygen atoms in total. The van der Waals surface area contributed by atoms with Crippen molar-refractivity contribution in [1.82, 2.24) is 10.3 Å². The summed E-state index contributed by atoms with van der Waals surface area (Å²) in [6.07, 6.45) is 2.33. The molecule has 0 saturated heterocycles. The molecule has 3 aromatic rings. The number of nitrogens with one attached hydrogen (secondary N) is 3. The fraction of sp³-hybridized carbons (Fsp3) is 0.393. The lowest BCUT2D eigenvalue weighted by Gasteiger charge is -2.34. The molecule has 0 spiro atoms. The highest BCUT2D eigenvalue weighted by molar-refractivity contribution is 5.99. The third-order valence-corrected chi connectivity index (χ3v) is 6.79. The number of carbonyl (C=O) groups excluding carboxylic acids is 2. The Morgan fingerprint density at radius 3 is 2.53 bits per heavy atom. The number of hydrogen-bond donors (Lipinski definition) is 5. The van der Waals surface area contributed by atoms with Gasteiger partial charge in [-0.3, -0.25) is 14.6 Å². The molecule has 0 aliphatic heterocycles. The summed E-state index contributed by atoms with van der Waals surface area (Å²) in [7, 11) is 2.02. The molecule has 3 atom stereocenters. The maximum atomic E-state index is 13.4. The van der Waals surface area contributed by atoms with Crippen LogP contribution in [0, 0.1) is 12.5 Å². The number of aromatic nitrogens is 1. The number of rotatable bonds is 14. The van der Waals surface area contributed by atoms with Crippen molar-refractivity contribution in [3.63, 3.8) is 0 Å². The van der Waals surface area contributed by atoms with E-state index >= 15 is 0 Å². The topological polar surface area (TPSA) is 159 Å². The second-order valence-corrected chi connectivity index (χ2v) is 10.0. The van der Waals surface area contributed by atoms with Crippen molar-refractivity contribution in [2.75, 3.05) is 45.1 Å². The third kappa shape index (κ3) is 8.41. The Morgan fingerprint density at radius 1 is 1.08 bits per heavy atom. The van der Waals surface area contributed by atoms with E-state index in [1.807, 2.05) is 68.6 Å². The molecule has 2 amide bonds. The number of carbonyl (C=O) groups is 2. The van der Waals surface area contributed by atoms with Crippen LogP contribution in [0.1, 0.15) is 17.5 Å². The van der Waals surface area contributed by atoms with Gasteiger partial charge in [0.2, 0.25) is 11.8 Å². The molecule has 0 saturated carbocycles. The highest BCUT2D eigenvalue weighted by Crippen LogP contribution is 2.17. The van der Waals surface area contributed by atoms with E-state index in [0.717, 1.165) is 22.0 Å². The molecule has 0 aliphatic rings. The molecule has 7 N–H and O–H groups in total. The summed E-state index contributed by atoms with van der Waals surface area (Å²) in [5.41, 5.74) is 22.6. The number of anilines is 1. The van der Waals surface area contributed by atoms with Crippen molar-refractivity contribution >= 4 is 28.4 Å². The summed E-state index contributed by atoms with van der Waals surface area (Å²) in [5.74, 6) is -0.734. The number of nitrogens with zero attached hydrogens (tertiary/aromatic N) is 3. The van der Waals surface area contributed by atoms with Crippen LogP contribution in [0.2, 0.25) is 0 Å². The highest BCUT2D eigenvalue weighted by atomic mass is 16.2. The Kier molecular flexibility index (Phi) is 10.4. The number of hydrogen-bond acceptors (Lipinski definition) is 7. The SMILES string of the molecule is Cc1ccc(CC(NC(=O)C(N)CC[N+](C)(CCN)CCN=N)C(=O)Nc2cnc3ccccc3c2)cc1. The normalized spacial score (nSPS) is 14.3. The van der Waals surface area contributed by atoms with Gasteiger partial charge in [0, 0.05) is 24.8 Å². The maximum Gasteiger partial charge on any atom is 0.247 e. The van der Waals surface area contributed by atoms with E-state index in [0.29, 0.717) is 55.7 Å². The molecule has 0 bridgehead atoms. The molecule has 1 aromatic heterocycles. The summed E-state index contributed by atoms with van der Waals surface area (Å²) in [6, 6.07) is 15.7. The van der Waals surface area contributed by atoms with E-state index in [9.17, 15) is 9.59 Å². The molecular weight excluding hydrogens is 480 g/mol. The van der Waals surface area contributed by atoms with Crippen molar-refractivity contribution in [3.8, 4) is 0 Å². The van der Waals surface area contributed by atoms with Crippen LogP contribution in [0.4, 0.5) is 5.69 Å². The number of pyridine rings is 1. The van der Waals surface area contributed by atoms with Crippen molar-refractivity contribution in [2.45, 2.75) is 31.8 Å². The Hall–Kier alpha value is -3.73. The number of fused-ring (bicyclic) bond motifs is 1. The van der Waals surface area contributed by atoms with Crippen molar-refractivity contribution in [3.05, 3.63) is 71.9 Å². The molecule has 3 unspecified atom stereocenters. The van der Waals surface area contributed by atoms with Gasteiger partial charge in [0.05, 0.1) is 43.6 Å². The zero-order valence-electron chi connectivity index (χ0n) is 22.2. The van der Waals surface area contributed by atoms with E-state index < -0.39 is 18.0 Å². The summed E-state index contributed by atoms with van der Waals surface area (Å²) in [4.78, 5) is 30.9. The molecule has 0 radical (unpaired) electrons. The molecule has 38 heavy (non-hydrogen) atoms. The zero-order valence-corrected chi connectivity index (χ0v) is 22.2. The Labute approximate surface area is 223 Å². The molecule has 3 rings (SSSR count). The highest BCUT2D eigenvalue weighted by Gasteiger charge is 2.27. The maximum absolute atomic E-state index is 13.4. The molecule has 10 heteroatoms. The smallest absolute Gasteiger partial charge is 0.247 e. The Balaban J connectivity index is 1.71. The van der Waals surface area contributed by atoms with Gasteiger partial charge in [-0.1, -0.05) is 48.0 Å². The summed E-state index contributed by atoms with van der Waals surface area (Å²) < 4.78 is 0.572. The molecule has 1 heterocycles. The summed E-state index contributed by atoms with van der Waals surface area (Å²) in [5, 5.41) is 10.1. The van der Waals surface area contributed by atoms with Crippen molar-refractivity contribution < 1.29 is 14.1 Å². The van der Waals surface area contributed by atoms with Crippen LogP contribution in [0.3, 0.4) is 0 Å². The van der Waals surface area contributed by atoms with Crippen LogP contribution in [-0.4, -0.2) is 73.1 Å². The largest absolute Gasteiger partial charge is 0.343 e. The average molecular weight is 520 g/mol. The zero-order chi connectivity index (χ0) is 27.5. The predicted octanol–water partition coefficient (Wildman–Crippen LogP) is 2.36. The first-order valence-corrected chi connectivity index (χ1v) is 12.9. The first-order valence-electron chi connectivity index (χ1n) is 12.9. The number of quaternary nitrogens is 1. The third-order valence-electron chi connectivity index (χ3n) is 6.79. The van der Waals surface area contributed by atoms with Crippen LogP contribution in [0.25, 0.3) is 10.9 Å². The number of likely N-dealkylation sites (N-methyl/N-ethyl adjacent to an activating group) is 1. The van der Waals surface area contributed by atoms with Gasteiger partial charge in [0.15, 0.2) is 0 Å². The van der Waals surface area contributed by atoms with Gasteiger partial charge in [-0.15, -0.1) is 0 Å². The lowest BCUT2D eigenvalue weighted by atomic mass is 10.0. The average Bonchev–Trinajstić information content (AvgIpc) is 2.91. The number of nitrogens with two attached hydrogens (primary N) is 2. The van der Waals surface area contributed by atoms with Gasteiger partial charge >= 0.3 is 0 Å². The lowest BCUT2D eigenvalue weighted by molar-refractivity contribution is -0.907. The van der Waals surface area contributed by atoms with Gasteiger partial charge in [0.25, 0.3) is 0 Å². The van der Waals surface area contributed by atoms with Crippen molar-refractivity contribution in [2.24, 2.45) is 16.6 Å². The number of amides is 2. The van der Waals surface area contributed by atoms with Gasteiger partial charge in [-0.05, 0) is 24.6 Å². The molecule has 0 aliphatic carbocycles. The second-order valence-electron chi connectivity index (χ2n) is 10.0. The van der Waals surface area contributed by atoms with Gasteiger partial charge in [0.1, 0.15) is 19.1 Å². The first kappa shape index (κ1) is 28.8. The Bertz CT molecular complexity index is 1230. The monoisotopic (exact) mass is 519 g/mol. The van der Waals surface area contributed by atoms with Crippen LogP contribution in [0.15, 0.2) is 65.9 Å². The van der Waals surface area contributed by atoms with E-state index in [2.05, 4.69) is 20.7 Å². The fourth-order valence-corrected chi connectivity index (χ4v) is 4.34. The summed E-state index contributed by atoms with van der Waals surface area (Å²) in [6.45, 7) is 4.82. The molecule has 202 valence electrons. The quantitative estimate of drug-likeness (QED) is 0.163. The van der Waals surface area contributed by atoms with E-state index in [1.165, 1.54) is 0 Å². The standard InChI is InChI=1S/C28H38N8O2/c1-20-7-9-21(10-8-20)17-26(28(38)34-23-18-22-5-3-4-6-25(22)32-19-23)35-27(37)24(30)11-14-36(2,15-12-29)16-13-33-31/h3-10,18-19,24,26,31H,11-17,29-30H2,1-2H3,(H-,34,35,37,38)/p+1. The first-order chi connectivity index (χ1) is 18.2. The van der Waals surface area contributed by atoms with Crippen molar-refractivity contribution in [1.29, 1.82) is 5.53 Å². The van der Waals surface area contributed by atoms with Crippen LogP contribution >= 0.6 is 0 Å². The molecule has 0 fully saturated rings. The molecular formula is C28H39N8O2+. The van der Waals surface area contributed by atoms with E-state index in [4.69, 9.17) is 17.0 Å². The van der Waals surface area contributed by atoms with Crippen LogP contribution < -0.4 is 22.1 Å². The number of benzene rings is 2. The van der Waals surface area contributed by atoms with E-state index in [-0.39, 0.29) is 5.91 Å².